The van der Waals surface area contributed by atoms with E-state index in [0.717, 1.165) is 27.7 Å². The number of aromatic nitrogens is 1. The molecule has 6 nitrogen and oxygen atoms in total. The fraction of sp³-hybridized carbons (Fsp3) is 0.344. The fourth-order valence-electron chi connectivity index (χ4n) is 5.49. The van der Waals surface area contributed by atoms with Gasteiger partial charge in [0, 0.05) is 23.1 Å². The number of hydrogen-bond acceptors (Lipinski definition) is 5. The van der Waals surface area contributed by atoms with Crippen molar-refractivity contribution in [3.8, 4) is 17.4 Å². The molecular formula is C32H37N3O3. The van der Waals surface area contributed by atoms with Crippen molar-refractivity contribution in [2.45, 2.75) is 52.0 Å². The predicted octanol–water partition coefficient (Wildman–Crippen LogP) is 7.42. The fourth-order valence-corrected chi connectivity index (χ4v) is 5.49. The number of nitrogens with one attached hydrogen (secondary N) is 1. The predicted molar refractivity (Wildman–Crippen MR) is 154 cm³/mol. The van der Waals surface area contributed by atoms with Gasteiger partial charge in [0.05, 0.1) is 35.7 Å². The van der Waals surface area contributed by atoms with E-state index in [1.807, 2.05) is 68.4 Å². The molecule has 1 aromatic heterocycles. The minimum absolute atomic E-state index is 0.0506. The summed E-state index contributed by atoms with van der Waals surface area (Å²) in [5, 5.41) is 11.9. The lowest BCUT2D eigenvalue weighted by Crippen LogP contribution is -2.23. The second-order valence-corrected chi connectivity index (χ2v) is 9.90. The maximum atomic E-state index is 11.1. The normalized spacial score (nSPS) is 15.5. The number of hydrogen-bond donors (Lipinski definition) is 3. The minimum Gasteiger partial charge on any atom is -0.494 e. The molecule has 0 aliphatic heterocycles. The molecule has 6 heteroatoms. The average Bonchev–Trinajstić information content (AvgIpc) is 3.27. The largest absolute Gasteiger partial charge is 0.494 e. The van der Waals surface area contributed by atoms with Crippen molar-refractivity contribution in [2.75, 3.05) is 13.2 Å². The summed E-state index contributed by atoms with van der Waals surface area (Å²) < 4.78 is 11.7. The first-order chi connectivity index (χ1) is 18.6. The summed E-state index contributed by atoms with van der Waals surface area (Å²) in [5.74, 6) is 1.87. The Morgan fingerprint density at radius 1 is 0.947 bits per heavy atom. The Balaban J connectivity index is 1.58. The summed E-state index contributed by atoms with van der Waals surface area (Å²) in [4.78, 5) is 8.17. The average molecular weight is 512 g/mol. The molecule has 0 saturated heterocycles. The molecule has 0 bridgehead atoms. The van der Waals surface area contributed by atoms with E-state index in [-0.39, 0.29) is 11.9 Å². The molecule has 198 valence electrons. The first-order valence-corrected chi connectivity index (χ1v) is 13.7. The molecule has 5 rings (SSSR count). The van der Waals surface area contributed by atoms with E-state index in [4.69, 9.17) is 20.2 Å². The first kappa shape index (κ1) is 25.9. The number of aromatic amines is 1. The van der Waals surface area contributed by atoms with Crippen molar-refractivity contribution >= 4 is 22.3 Å². The molecule has 1 unspecified atom stereocenters. The lowest BCUT2D eigenvalue weighted by Gasteiger charge is -2.27. The summed E-state index contributed by atoms with van der Waals surface area (Å²) in [6.45, 7) is 4.90. The SMILES string of the molecule is CCOc1cc2[nH]c(O)c(C(=Nc3ccc(C(N)C4CCCCC4)cc3)c3ccccc3)c2cc1OCC. The highest BCUT2D eigenvalue weighted by molar-refractivity contribution is 6.22. The summed E-state index contributed by atoms with van der Waals surface area (Å²) in [7, 11) is 0. The van der Waals surface area contributed by atoms with E-state index in [0.29, 0.717) is 41.9 Å². The van der Waals surface area contributed by atoms with Gasteiger partial charge in [0.1, 0.15) is 0 Å². The number of rotatable bonds is 9. The van der Waals surface area contributed by atoms with Gasteiger partial charge in [-0.2, -0.15) is 0 Å². The summed E-state index contributed by atoms with van der Waals surface area (Å²) in [6.07, 6.45) is 6.26. The standard InChI is InChI=1S/C32H37N3O3/c1-3-37-27-19-25-26(20-28(27)38-4-2)35-32(36)29(25)31(23-13-9-6-10-14-23)34-24-17-15-22(16-18-24)30(33)21-11-7-5-8-12-21/h6,9-10,13-21,30,35-36H,3-5,7-8,11-12,33H2,1-2H3. The van der Waals surface area contributed by atoms with Crippen LogP contribution in [0.5, 0.6) is 17.4 Å². The van der Waals surface area contributed by atoms with Crippen LogP contribution in [0.25, 0.3) is 10.9 Å². The minimum atomic E-state index is 0.0506. The van der Waals surface area contributed by atoms with E-state index >= 15 is 0 Å². The molecule has 0 radical (unpaired) electrons. The molecule has 1 heterocycles. The number of nitrogens with zero attached hydrogens (tertiary/aromatic N) is 1. The molecule has 38 heavy (non-hydrogen) atoms. The van der Waals surface area contributed by atoms with Crippen LogP contribution in [0.3, 0.4) is 0 Å². The molecule has 1 atom stereocenters. The molecule has 1 aliphatic carbocycles. The summed E-state index contributed by atoms with van der Waals surface area (Å²) >= 11 is 0. The Labute approximate surface area is 224 Å². The monoisotopic (exact) mass is 511 g/mol. The van der Waals surface area contributed by atoms with Gasteiger partial charge in [-0.1, -0.05) is 61.7 Å². The first-order valence-electron chi connectivity index (χ1n) is 13.7. The van der Waals surface area contributed by atoms with Gasteiger partial charge in [0.25, 0.3) is 0 Å². The third-order valence-corrected chi connectivity index (χ3v) is 7.40. The van der Waals surface area contributed by atoms with Crippen LogP contribution in [0.1, 0.15) is 68.7 Å². The Hall–Kier alpha value is -3.77. The van der Waals surface area contributed by atoms with Gasteiger partial charge in [0.2, 0.25) is 0 Å². The summed E-state index contributed by atoms with van der Waals surface area (Å²) in [5.41, 5.74) is 11.5. The second kappa shape index (κ2) is 11.7. The number of H-pyrrole nitrogens is 1. The van der Waals surface area contributed by atoms with Gasteiger partial charge >= 0.3 is 0 Å². The van der Waals surface area contributed by atoms with Crippen LogP contribution in [0.2, 0.25) is 0 Å². The zero-order chi connectivity index (χ0) is 26.5. The molecule has 0 amide bonds. The molecule has 4 N–H and O–H groups in total. The van der Waals surface area contributed by atoms with Crippen LogP contribution in [0, 0.1) is 5.92 Å². The Bertz CT molecular complexity index is 1390. The lowest BCUT2D eigenvalue weighted by atomic mass is 9.81. The molecule has 0 spiro atoms. The third-order valence-electron chi connectivity index (χ3n) is 7.40. The molecule has 1 fully saturated rings. The van der Waals surface area contributed by atoms with Crippen molar-refractivity contribution < 1.29 is 14.6 Å². The van der Waals surface area contributed by atoms with Crippen LogP contribution in [0.4, 0.5) is 5.69 Å². The lowest BCUT2D eigenvalue weighted by molar-refractivity contribution is 0.288. The molecule has 1 saturated carbocycles. The molecule has 3 aromatic carbocycles. The quantitative estimate of drug-likeness (QED) is 0.204. The highest BCUT2D eigenvalue weighted by atomic mass is 16.5. The number of ether oxygens (including phenoxy) is 2. The zero-order valence-corrected chi connectivity index (χ0v) is 22.2. The number of benzene rings is 3. The van der Waals surface area contributed by atoms with Gasteiger partial charge in [0.15, 0.2) is 17.4 Å². The van der Waals surface area contributed by atoms with E-state index in [1.54, 1.807) is 0 Å². The van der Waals surface area contributed by atoms with Gasteiger partial charge in [-0.3, -0.25) is 0 Å². The maximum Gasteiger partial charge on any atom is 0.199 e. The van der Waals surface area contributed by atoms with Crippen LogP contribution < -0.4 is 15.2 Å². The van der Waals surface area contributed by atoms with E-state index in [1.165, 1.54) is 32.1 Å². The highest BCUT2D eigenvalue weighted by Crippen LogP contribution is 2.39. The van der Waals surface area contributed by atoms with E-state index in [2.05, 4.69) is 17.1 Å². The van der Waals surface area contributed by atoms with Crippen LogP contribution >= 0.6 is 0 Å². The van der Waals surface area contributed by atoms with E-state index in [9.17, 15) is 5.11 Å². The van der Waals surface area contributed by atoms with Gasteiger partial charge in [-0.05, 0) is 56.4 Å². The van der Waals surface area contributed by atoms with E-state index < -0.39 is 0 Å². The van der Waals surface area contributed by atoms with Crippen molar-refractivity contribution in [1.82, 2.24) is 4.98 Å². The van der Waals surface area contributed by atoms with Gasteiger partial charge < -0.3 is 25.3 Å². The number of fused-ring (bicyclic) bond motifs is 1. The second-order valence-electron chi connectivity index (χ2n) is 9.90. The van der Waals surface area contributed by atoms with Crippen molar-refractivity contribution in [3.63, 3.8) is 0 Å². The van der Waals surface area contributed by atoms with Crippen LogP contribution in [0.15, 0.2) is 71.7 Å². The molecular weight excluding hydrogens is 474 g/mol. The molecule has 1 aliphatic rings. The van der Waals surface area contributed by atoms with Crippen LogP contribution in [-0.4, -0.2) is 29.0 Å². The smallest absolute Gasteiger partial charge is 0.199 e. The zero-order valence-electron chi connectivity index (χ0n) is 22.2. The number of aromatic hydroxyl groups is 1. The Morgan fingerprint density at radius 2 is 1.61 bits per heavy atom. The third kappa shape index (κ3) is 5.41. The van der Waals surface area contributed by atoms with Crippen LogP contribution in [-0.2, 0) is 0 Å². The highest BCUT2D eigenvalue weighted by Gasteiger charge is 2.23. The molecule has 4 aromatic rings. The van der Waals surface area contributed by atoms with Gasteiger partial charge in [-0.25, -0.2) is 4.99 Å². The van der Waals surface area contributed by atoms with Crippen molar-refractivity contribution in [3.05, 3.63) is 83.4 Å². The topological polar surface area (TPSA) is 92.9 Å². The Morgan fingerprint density at radius 3 is 2.26 bits per heavy atom. The van der Waals surface area contributed by atoms with Gasteiger partial charge in [-0.15, -0.1) is 0 Å². The van der Waals surface area contributed by atoms with Crippen molar-refractivity contribution in [1.29, 1.82) is 0 Å². The number of aliphatic imine (C=N–C) groups is 1. The van der Waals surface area contributed by atoms with Crippen molar-refractivity contribution in [2.24, 2.45) is 16.6 Å². The Kier molecular flexibility index (Phi) is 7.99. The number of nitrogens with two attached hydrogens (primary N) is 1. The maximum absolute atomic E-state index is 11.1. The summed E-state index contributed by atoms with van der Waals surface area (Å²) in [6, 6.07) is 22.0.